The summed E-state index contributed by atoms with van der Waals surface area (Å²) < 4.78 is 7.98. The molecule has 1 heterocycles. The van der Waals surface area contributed by atoms with Crippen molar-refractivity contribution < 1.29 is 19.4 Å². The summed E-state index contributed by atoms with van der Waals surface area (Å²) in [6.45, 7) is 0.544. The van der Waals surface area contributed by atoms with Crippen LogP contribution >= 0.6 is 0 Å². The Hall–Kier alpha value is -2.50. The zero-order valence-corrected chi connectivity index (χ0v) is 16.2. The second-order valence-electron chi connectivity index (χ2n) is 8.15. The molecule has 28 heavy (non-hydrogen) atoms. The van der Waals surface area contributed by atoms with Crippen LogP contribution < -0.4 is 10.5 Å². The average Bonchev–Trinajstić information content (AvgIpc) is 3.01. The zero-order valence-electron chi connectivity index (χ0n) is 16.2. The van der Waals surface area contributed by atoms with Gasteiger partial charge in [-0.1, -0.05) is 25.3 Å². The van der Waals surface area contributed by atoms with Crippen LogP contribution in [0.3, 0.4) is 0 Å². The predicted molar refractivity (Wildman–Crippen MR) is 107 cm³/mol. The molecule has 0 aliphatic heterocycles. The molecule has 1 amide bonds. The first kappa shape index (κ1) is 18.8. The lowest BCUT2D eigenvalue weighted by Gasteiger charge is -2.26. The predicted octanol–water partition coefficient (Wildman–Crippen LogP) is 3.59. The van der Waals surface area contributed by atoms with Crippen LogP contribution in [-0.2, 0) is 22.6 Å². The van der Waals surface area contributed by atoms with Crippen molar-refractivity contribution in [2.75, 3.05) is 6.61 Å². The van der Waals surface area contributed by atoms with Crippen LogP contribution in [0, 0.1) is 5.92 Å². The molecule has 2 aliphatic carbocycles. The maximum absolute atomic E-state index is 12.2. The highest BCUT2D eigenvalue weighted by Gasteiger charge is 2.33. The average molecular weight is 384 g/mol. The van der Waals surface area contributed by atoms with E-state index in [-0.39, 0.29) is 11.8 Å². The molecule has 1 aromatic carbocycles. The number of nitrogens with two attached hydrogens (primary N) is 1. The third-order valence-electron chi connectivity index (χ3n) is 6.32. The number of aliphatic carboxylic acids is 1. The number of ether oxygens (including phenoxy) is 1. The van der Waals surface area contributed by atoms with E-state index < -0.39 is 12.6 Å². The number of carboxylic acid groups (broad SMARTS) is 1. The van der Waals surface area contributed by atoms with Crippen LogP contribution in [-0.4, -0.2) is 28.2 Å². The Morgan fingerprint density at radius 3 is 2.64 bits per heavy atom. The van der Waals surface area contributed by atoms with Crippen molar-refractivity contribution in [1.29, 1.82) is 0 Å². The number of carboxylic acids is 1. The van der Waals surface area contributed by atoms with Gasteiger partial charge in [0.1, 0.15) is 5.75 Å². The van der Waals surface area contributed by atoms with Crippen molar-refractivity contribution in [3.63, 3.8) is 0 Å². The highest BCUT2D eigenvalue weighted by molar-refractivity contribution is 5.97. The highest BCUT2D eigenvalue weighted by Crippen LogP contribution is 2.43. The van der Waals surface area contributed by atoms with E-state index in [2.05, 4.69) is 10.6 Å². The van der Waals surface area contributed by atoms with Gasteiger partial charge in [-0.15, -0.1) is 0 Å². The van der Waals surface area contributed by atoms with Gasteiger partial charge in [0.05, 0.1) is 11.4 Å². The van der Waals surface area contributed by atoms with Crippen molar-refractivity contribution in [3.05, 3.63) is 29.5 Å². The minimum absolute atomic E-state index is 0.314. The van der Waals surface area contributed by atoms with Gasteiger partial charge in [-0.05, 0) is 55.7 Å². The smallest absolute Gasteiger partial charge is 0.341 e. The van der Waals surface area contributed by atoms with Crippen LogP contribution in [0.5, 0.6) is 5.75 Å². The number of aromatic nitrogens is 1. The van der Waals surface area contributed by atoms with Gasteiger partial charge in [0.15, 0.2) is 6.61 Å². The van der Waals surface area contributed by atoms with Crippen molar-refractivity contribution >= 4 is 22.8 Å². The molecule has 1 saturated carbocycles. The summed E-state index contributed by atoms with van der Waals surface area (Å²) in [7, 11) is 0. The van der Waals surface area contributed by atoms with E-state index in [1.807, 2.05) is 6.07 Å². The van der Waals surface area contributed by atoms with Crippen LogP contribution in [0.25, 0.3) is 10.9 Å². The second-order valence-corrected chi connectivity index (χ2v) is 8.15. The van der Waals surface area contributed by atoms with Crippen LogP contribution in [0.2, 0.25) is 0 Å². The van der Waals surface area contributed by atoms with Crippen molar-refractivity contribution in [3.8, 4) is 5.75 Å². The Morgan fingerprint density at radius 1 is 1.14 bits per heavy atom. The summed E-state index contributed by atoms with van der Waals surface area (Å²) in [6.07, 6.45) is 8.94. The Balaban J connectivity index is 1.85. The third-order valence-corrected chi connectivity index (χ3v) is 6.32. The molecule has 3 N–H and O–H groups in total. The monoisotopic (exact) mass is 384 g/mol. The van der Waals surface area contributed by atoms with Crippen molar-refractivity contribution in [2.45, 2.75) is 63.8 Å². The lowest BCUT2D eigenvalue weighted by molar-refractivity contribution is -0.139. The molecule has 0 spiro atoms. The lowest BCUT2D eigenvalue weighted by atomic mass is 9.84. The van der Waals surface area contributed by atoms with Crippen LogP contribution in [0.1, 0.15) is 62.1 Å². The Morgan fingerprint density at radius 2 is 1.93 bits per heavy atom. The van der Waals surface area contributed by atoms with Gasteiger partial charge in [0.2, 0.25) is 5.91 Å². The maximum Gasteiger partial charge on any atom is 0.341 e. The fourth-order valence-corrected chi connectivity index (χ4v) is 5.09. The molecule has 1 atom stereocenters. The normalized spacial score (nSPS) is 20.1. The number of rotatable bonds is 6. The number of primary amides is 1. The molecule has 0 saturated heterocycles. The van der Waals surface area contributed by atoms with Crippen molar-refractivity contribution in [1.82, 2.24) is 4.57 Å². The van der Waals surface area contributed by atoms with Gasteiger partial charge in [-0.2, -0.15) is 0 Å². The SMILES string of the molecule is NC(=O)C1CCCc2c1c1c(OCC(=O)O)cccc1n2CC1CCCCC1. The number of hydrogen-bond acceptors (Lipinski definition) is 3. The largest absolute Gasteiger partial charge is 0.481 e. The number of carbonyl (C=O) groups excluding carboxylic acids is 1. The maximum atomic E-state index is 12.2. The Labute approximate surface area is 164 Å². The van der Waals surface area contributed by atoms with Gasteiger partial charge in [-0.25, -0.2) is 4.79 Å². The molecular weight excluding hydrogens is 356 g/mol. The summed E-state index contributed by atoms with van der Waals surface area (Å²) in [5, 5.41) is 9.92. The molecule has 1 unspecified atom stereocenters. The highest BCUT2D eigenvalue weighted by atomic mass is 16.5. The van der Waals surface area contributed by atoms with E-state index in [1.54, 1.807) is 6.07 Å². The molecule has 2 aromatic rings. The second kappa shape index (κ2) is 7.86. The fourth-order valence-electron chi connectivity index (χ4n) is 5.09. The molecule has 1 aromatic heterocycles. The number of hydrogen-bond donors (Lipinski definition) is 2. The van der Waals surface area contributed by atoms with Gasteiger partial charge in [0.25, 0.3) is 0 Å². The molecule has 4 rings (SSSR count). The van der Waals surface area contributed by atoms with Gasteiger partial charge in [-0.3, -0.25) is 4.79 Å². The molecule has 6 heteroatoms. The molecule has 150 valence electrons. The number of nitrogens with zero attached hydrogens (tertiary/aromatic N) is 1. The molecule has 1 fully saturated rings. The van der Waals surface area contributed by atoms with E-state index >= 15 is 0 Å². The number of carbonyl (C=O) groups is 2. The standard InChI is InChI=1S/C22H28N2O4/c23-22(27)15-8-4-9-16-20(15)21-17(10-5-11-18(21)28-13-19(25)26)24(16)12-14-6-2-1-3-7-14/h5,10-11,14-15H,1-4,6-9,12-13H2,(H2,23,27)(H,25,26). The molecular formula is C22H28N2O4. The first-order valence-electron chi connectivity index (χ1n) is 10.3. The topological polar surface area (TPSA) is 94.6 Å². The van der Waals surface area contributed by atoms with E-state index in [1.165, 1.54) is 37.8 Å². The lowest BCUT2D eigenvalue weighted by Crippen LogP contribution is -2.26. The first-order valence-corrected chi connectivity index (χ1v) is 10.3. The minimum atomic E-state index is -1.01. The minimum Gasteiger partial charge on any atom is -0.481 e. The van der Waals surface area contributed by atoms with Crippen LogP contribution in [0.15, 0.2) is 18.2 Å². The van der Waals surface area contributed by atoms with Crippen LogP contribution in [0.4, 0.5) is 0 Å². The Kier molecular flexibility index (Phi) is 5.29. The van der Waals surface area contributed by atoms with E-state index in [0.717, 1.165) is 42.3 Å². The fraction of sp³-hybridized carbons (Fsp3) is 0.545. The number of benzene rings is 1. The third kappa shape index (κ3) is 3.48. The number of amides is 1. The molecule has 0 bridgehead atoms. The van der Waals surface area contributed by atoms with Gasteiger partial charge < -0.3 is 20.1 Å². The zero-order chi connectivity index (χ0) is 19.7. The number of fused-ring (bicyclic) bond motifs is 3. The molecule has 6 nitrogen and oxygen atoms in total. The summed E-state index contributed by atoms with van der Waals surface area (Å²) in [4.78, 5) is 23.2. The van der Waals surface area contributed by atoms with E-state index in [4.69, 9.17) is 15.6 Å². The Bertz CT molecular complexity index is 896. The van der Waals surface area contributed by atoms with Gasteiger partial charge >= 0.3 is 5.97 Å². The van der Waals surface area contributed by atoms with Crippen molar-refractivity contribution in [2.24, 2.45) is 11.7 Å². The van der Waals surface area contributed by atoms with Gasteiger partial charge in [0, 0.05) is 17.6 Å². The quantitative estimate of drug-likeness (QED) is 0.796. The van der Waals surface area contributed by atoms with E-state index in [0.29, 0.717) is 11.7 Å². The first-order chi connectivity index (χ1) is 13.6. The summed E-state index contributed by atoms with van der Waals surface area (Å²) in [6, 6.07) is 5.76. The summed E-state index contributed by atoms with van der Waals surface area (Å²) in [5.41, 5.74) is 8.94. The summed E-state index contributed by atoms with van der Waals surface area (Å²) >= 11 is 0. The summed E-state index contributed by atoms with van der Waals surface area (Å²) in [5.74, 6) is -0.490. The van der Waals surface area contributed by atoms with E-state index in [9.17, 15) is 9.59 Å². The molecule has 0 radical (unpaired) electrons. The molecule has 2 aliphatic rings.